The standard InChI is InChI=1S/C25H35N5O5/c1-29-16-9-14(11-31)23(29)17-8-13-5-6-15(28-25(34)22-20(33)4-3-7-27-22)24(35-2)21(13)19(12-32)30(17)18(16)10-26/h5-6,14,16-20,22-23,27,31-33H,3-4,7-9,11-12H2,1-2H3,(H,28,34)/t14-,16-,17?,18+,19-,20-,22+,23+/m1/s1. The van der Waals surface area contributed by atoms with Gasteiger partial charge in [-0.15, -0.1) is 0 Å². The fourth-order valence-electron chi connectivity index (χ4n) is 7.09. The van der Waals surface area contributed by atoms with E-state index >= 15 is 0 Å². The lowest BCUT2D eigenvalue weighted by Gasteiger charge is -2.54. The van der Waals surface area contributed by atoms with Gasteiger partial charge in [-0.05, 0) is 50.9 Å². The summed E-state index contributed by atoms with van der Waals surface area (Å²) in [5, 5.41) is 47.1. The van der Waals surface area contributed by atoms with Gasteiger partial charge in [-0.2, -0.15) is 5.26 Å². The number of likely N-dealkylation sites (N-methyl/N-ethyl adjacent to an activating group) is 1. The number of fused-ring (bicyclic) bond motifs is 5. The third-order valence-corrected chi connectivity index (χ3v) is 8.60. The second-order valence-corrected chi connectivity index (χ2v) is 10.2. The van der Waals surface area contributed by atoms with Crippen molar-refractivity contribution in [2.75, 3.05) is 39.2 Å². The number of ether oxygens (including phenoxy) is 1. The van der Waals surface area contributed by atoms with Gasteiger partial charge in [0.2, 0.25) is 5.91 Å². The van der Waals surface area contributed by atoms with E-state index in [0.29, 0.717) is 30.8 Å². The Morgan fingerprint density at radius 2 is 2.11 bits per heavy atom. The van der Waals surface area contributed by atoms with Crippen molar-refractivity contribution in [3.8, 4) is 11.8 Å². The van der Waals surface area contributed by atoms with Gasteiger partial charge < -0.3 is 30.7 Å². The fraction of sp³-hybridized carbons (Fsp3) is 0.680. The molecule has 0 radical (unpaired) electrons. The number of anilines is 1. The number of amides is 1. The van der Waals surface area contributed by atoms with Gasteiger partial charge in [0, 0.05) is 36.2 Å². The highest BCUT2D eigenvalue weighted by atomic mass is 16.5. The molecule has 4 aliphatic rings. The molecule has 1 unspecified atom stereocenters. The lowest BCUT2D eigenvalue weighted by molar-refractivity contribution is -0.121. The van der Waals surface area contributed by atoms with Gasteiger partial charge >= 0.3 is 0 Å². The van der Waals surface area contributed by atoms with E-state index in [1.165, 1.54) is 7.11 Å². The summed E-state index contributed by atoms with van der Waals surface area (Å²) in [6, 6.07) is 4.65. The molecule has 35 heavy (non-hydrogen) atoms. The Morgan fingerprint density at radius 3 is 2.77 bits per heavy atom. The molecular weight excluding hydrogens is 450 g/mol. The molecule has 10 heteroatoms. The summed E-state index contributed by atoms with van der Waals surface area (Å²) in [4.78, 5) is 17.3. The van der Waals surface area contributed by atoms with Crippen LogP contribution < -0.4 is 15.4 Å². The van der Waals surface area contributed by atoms with E-state index in [1.54, 1.807) is 0 Å². The van der Waals surface area contributed by atoms with Crippen LogP contribution in [0.5, 0.6) is 5.75 Å². The first-order chi connectivity index (χ1) is 16.9. The van der Waals surface area contributed by atoms with Crippen LogP contribution in [0, 0.1) is 17.2 Å². The molecule has 0 aliphatic carbocycles. The first kappa shape index (κ1) is 24.4. The number of aliphatic hydroxyl groups excluding tert-OH is 3. The van der Waals surface area contributed by atoms with Crippen molar-refractivity contribution in [1.82, 2.24) is 15.1 Å². The number of piperazine rings is 1. The summed E-state index contributed by atoms with van der Waals surface area (Å²) in [7, 11) is 3.57. The molecular formula is C25H35N5O5. The highest BCUT2D eigenvalue weighted by molar-refractivity contribution is 5.97. The largest absolute Gasteiger partial charge is 0.494 e. The van der Waals surface area contributed by atoms with Gasteiger partial charge in [-0.1, -0.05) is 6.07 Å². The minimum absolute atomic E-state index is 0.0262. The molecule has 4 heterocycles. The summed E-state index contributed by atoms with van der Waals surface area (Å²) in [5.41, 5.74) is 2.26. The number of aliphatic hydroxyl groups is 3. The molecule has 0 spiro atoms. The quantitative estimate of drug-likeness (QED) is 0.376. The van der Waals surface area contributed by atoms with Gasteiger partial charge in [-0.25, -0.2) is 0 Å². The Labute approximate surface area is 205 Å². The summed E-state index contributed by atoms with van der Waals surface area (Å²) in [5.74, 6) is 0.218. The summed E-state index contributed by atoms with van der Waals surface area (Å²) in [6.07, 6.45) is 2.02. The number of methoxy groups -OCH3 is 1. The zero-order valence-corrected chi connectivity index (χ0v) is 20.2. The van der Waals surface area contributed by atoms with Crippen LogP contribution in [-0.4, -0.2) is 101 Å². The Bertz CT molecular complexity index is 1010. The Kier molecular flexibility index (Phi) is 6.74. The molecule has 8 atom stereocenters. The average Bonchev–Trinajstić information content (AvgIpc) is 3.11. The number of nitrogens with one attached hydrogen (secondary N) is 2. The van der Waals surface area contributed by atoms with Crippen molar-refractivity contribution < 1.29 is 24.9 Å². The van der Waals surface area contributed by atoms with Crippen molar-refractivity contribution in [1.29, 1.82) is 5.26 Å². The Morgan fingerprint density at radius 1 is 1.31 bits per heavy atom. The lowest BCUT2D eigenvalue weighted by Crippen LogP contribution is -2.66. The molecule has 0 aromatic heterocycles. The van der Waals surface area contributed by atoms with Crippen molar-refractivity contribution >= 4 is 11.6 Å². The van der Waals surface area contributed by atoms with E-state index in [-0.39, 0.29) is 43.2 Å². The highest BCUT2D eigenvalue weighted by Gasteiger charge is 2.58. The van der Waals surface area contributed by atoms with Crippen LogP contribution in [0.4, 0.5) is 5.69 Å². The smallest absolute Gasteiger partial charge is 0.244 e. The zero-order chi connectivity index (χ0) is 24.9. The van der Waals surface area contributed by atoms with Crippen molar-refractivity contribution in [2.45, 2.75) is 68.0 Å². The van der Waals surface area contributed by atoms with E-state index < -0.39 is 24.2 Å². The number of piperidine rings is 1. The predicted molar refractivity (Wildman–Crippen MR) is 128 cm³/mol. The summed E-state index contributed by atoms with van der Waals surface area (Å²) >= 11 is 0. The van der Waals surface area contributed by atoms with Crippen molar-refractivity contribution in [3.05, 3.63) is 23.3 Å². The second-order valence-electron chi connectivity index (χ2n) is 10.2. The molecule has 1 amide bonds. The minimum Gasteiger partial charge on any atom is -0.494 e. The van der Waals surface area contributed by atoms with Crippen LogP contribution in [0.1, 0.15) is 36.4 Å². The van der Waals surface area contributed by atoms with E-state index in [9.17, 15) is 25.4 Å². The number of rotatable bonds is 5. The molecule has 4 aliphatic heterocycles. The summed E-state index contributed by atoms with van der Waals surface area (Å²) in [6.45, 7) is 0.534. The van der Waals surface area contributed by atoms with E-state index in [2.05, 4.69) is 26.5 Å². The van der Waals surface area contributed by atoms with Crippen LogP contribution in [0.15, 0.2) is 12.1 Å². The molecule has 3 fully saturated rings. The molecule has 3 saturated heterocycles. The normalized spacial score (nSPS) is 36.7. The number of nitrogens with zero attached hydrogens (tertiary/aromatic N) is 3. The maximum Gasteiger partial charge on any atom is 0.244 e. The van der Waals surface area contributed by atoms with Crippen LogP contribution in [0.2, 0.25) is 0 Å². The van der Waals surface area contributed by atoms with E-state index in [0.717, 1.165) is 24.0 Å². The van der Waals surface area contributed by atoms with Crippen LogP contribution >= 0.6 is 0 Å². The molecule has 5 rings (SSSR count). The Hall–Kier alpha value is -2.26. The molecule has 5 N–H and O–H groups in total. The number of carbonyl (C=O) groups excluding carboxylic acids is 1. The molecule has 190 valence electrons. The van der Waals surface area contributed by atoms with E-state index in [1.807, 2.05) is 19.2 Å². The monoisotopic (exact) mass is 485 g/mol. The number of carbonyl (C=O) groups is 1. The molecule has 2 bridgehead atoms. The SMILES string of the molecule is COc1c(NC(=O)[C@H]2NCCC[C@H]2O)ccc2c1[C@@H](CO)N1C(C2)[C@@H]2[C@@H](CO)C[C@H]([C@@H]1C#N)N2C. The first-order valence-corrected chi connectivity index (χ1v) is 12.5. The topological polar surface area (TPSA) is 141 Å². The van der Waals surface area contributed by atoms with E-state index in [4.69, 9.17) is 4.74 Å². The van der Waals surface area contributed by atoms with Gasteiger partial charge in [0.05, 0.1) is 37.6 Å². The number of nitriles is 1. The van der Waals surface area contributed by atoms with Crippen LogP contribution in [0.3, 0.4) is 0 Å². The molecule has 10 nitrogen and oxygen atoms in total. The lowest BCUT2D eigenvalue weighted by atomic mass is 9.80. The van der Waals surface area contributed by atoms with Crippen LogP contribution in [-0.2, 0) is 11.2 Å². The van der Waals surface area contributed by atoms with Gasteiger partial charge in [0.15, 0.2) is 0 Å². The maximum absolute atomic E-state index is 13.0. The second kappa shape index (κ2) is 9.65. The number of hydrogen-bond acceptors (Lipinski definition) is 9. The van der Waals surface area contributed by atoms with Crippen molar-refractivity contribution in [3.63, 3.8) is 0 Å². The first-order valence-electron chi connectivity index (χ1n) is 12.5. The number of benzene rings is 1. The fourth-order valence-corrected chi connectivity index (χ4v) is 7.09. The summed E-state index contributed by atoms with van der Waals surface area (Å²) < 4.78 is 5.80. The van der Waals surface area contributed by atoms with Gasteiger partial charge in [0.25, 0.3) is 0 Å². The maximum atomic E-state index is 13.0. The predicted octanol–water partition coefficient (Wildman–Crippen LogP) is -0.406. The van der Waals surface area contributed by atoms with Gasteiger partial charge in [0.1, 0.15) is 17.8 Å². The minimum atomic E-state index is -0.755. The third kappa shape index (κ3) is 3.82. The van der Waals surface area contributed by atoms with Gasteiger partial charge in [-0.3, -0.25) is 14.6 Å². The Balaban J connectivity index is 1.53. The van der Waals surface area contributed by atoms with Crippen molar-refractivity contribution in [2.24, 2.45) is 5.92 Å². The average molecular weight is 486 g/mol. The van der Waals surface area contributed by atoms with Crippen LogP contribution in [0.25, 0.3) is 0 Å². The highest BCUT2D eigenvalue weighted by Crippen LogP contribution is 2.50. The third-order valence-electron chi connectivity index (χ3n) is 8.60. The molecule has 1 aromatic carbocycles. The molecule has 0 saturated carbocycles. The number of hydrogen-bond donors (Lipinski definition) is 5. The molecule has 1 aromatic rings. The zero-order valence-electron chi connectivity index (χ0n) is 20.2.